The van der Waals surface area contributed by atoms with Crippen LogP contribution in [0.4, 0.5) is 5.69 Å². The Morgan fingerprint density at radius 3 is 2.82 bits per heavy atom. The molecular weight excluding hydrogens is 155 g/mol. The van der Waals surface area contributed by atoms with Gasteiger partial charge in [-0.1, -0.05) is 18.2 Å². The smallest absolute Gasteiger partial charge is 0.0628 e. The molecule has 11 heavy (non-hydrogen) atoms. The molecule has 1 aromatic carbocycles. The second-order valence-corrected chi connectivity index (χ2v) is 3.04. The van der Waals surface area contributed by atoms with Crippen molar-refractivity contribution >= 4 is 20.2 Å². The molecule has 0 aliphatic heterocycles. The number of nitrogens with one attached hydrogen (secondary N) is 1. The highest BCUT2D eigenvalue weighted by atomic mass is 31.0. The van der Waals surface area contributed by atoms with Crippen molar-refractivity contribution in [1.82, 2.24) is 0 Å². The lowest BCUT2D eigenvalue weighted by Crippen LogP contribution is -2.15. The molecule has 0 amide bonds. The normalized spacial score (nSPS) is 9.73. The average molecular weight is 168 g/mol. The molecule has 0 aromatic heterocycles. The fourth-order valence-electron chi connectivity index (χ4n) is 1.03. The minimum atomic E-state index is 0.478. The van der Waals surface area contributed by atoms with Gasteiger partial charge >= 0.3 is 0 Å². The topological polar surface area (TPSA) is 38.0 Å². The van der Waals surface area contributed by atoms with Crippen LogP contribution < -0.4 is 16.4 Å². The zero-order chi connectivity index (χ0) is 8.27. The summed E-state index contributed by atoms with van der Waals surface area (Å²) in [5.74, 6) is 0. The van der Waals surface area contributed by atoms with E-state index in [0.29, 0.717) is 6.67 Å². The summed E-state index contributed by atoms with van der Waals surface area (Å²) >= 11 is 0. The molecule has 3 N–H and O–H groups in total. The molecule has 0 fully saturated rings. The Labute approximate surface area is 69.4 Å². The molecule has 0 saturated carbocycles. The number of anilines is 1. The fourth-order valence-corrected chi connectivity index (χ4v) is 1.47. The lowest BCUT2D eigenvalue weighted by atomic mass is 10.2. The monoisotopic (exact) mass is 168 g/mol. The van der Waals surface area contributed by atoms with Gasteiger partial charge in [-0.25, -0.2) is 0 Å². The minimum Gasteiger partial charge on any atom is -0.372 e. The van der Waals surface area contributed by atoms with Gasteiger partial charge in [0.1, 0.15) is 0 Å². The third-order valence-electron chi connectivity index (χ3n) is 1.58. The molecule has 1 unspecified atom stereocenters. The second kappa shape index (κ2) is 3.70. The summed E-state index contributed by atoms with van der Waals surface area (Å²) in [4.78, 5) is 0. The van der Waals surface area contributed by atoms with E-state index < -0.39 is 0 Å². The highest BCUT2D eigenvalue weighted by molar-refractivity contribution is 7.28. The first-order chi connectivity index (χ1) is 5.25. The predicted octanol–water partition coefficient (Wildman–Crippen LogP) is 0.824. The van der Waals surface area contributed by atoms with Crippen LogP contribution in [0.15, 0.2) is 18.2 Å². The zero-order valence-electron chi connectivity index (χ0n) is 6.59. The molecule has 3 heteroatoms. The summed E-state index contributed by atoms with van der Waals surface area (Å²) in [6.45, 7) is 2.54. The Morgan fingerprint density at radius 2 is 2.27 bits per heavy atom. The van der Waals surface area contributed by atoms with Crippen LogP contribution in [-0.4, -0.2) is 6.67 Å². The molecular formula is C8H13N2P. The zero-order valence-corrected chi connectivity index (χ0v) is 7.75. The van der Waals surface area contributed by atoms with Crippen molar-refractivity contribution in [2.24, 2.45) is 5.73 Å². The minimum absolute atomic E-state index is 0.478. The Bertz CT molecular complexity index is 228. The quantitative estimate of drug-likeness (QED) is 0.507. The summed E-state index contributed by atoms with van der Waals surface area (Å²) in [6.07, 6.45) is 0. The van der Waals surface area contributed by atoms with Crippen LogP contribution in [0.1, 0.15) is 5.56 Å². The van der Waals surface area contributed by atoms with Crippen molar-refractivity contribution in [3.8, 4) is 0 Å². The van der Waals surface area contributed by atoms with E-state index in [-0.39, 0.29) is 0 Å². The van der Waals surface area contributed by atoms with Crippen LogP contribution >= 0.6 is 9.24 Å². The summed E-state index contributed by atoms with van der Waals surface area (Å²) < 4.78 is 0. The average Bonchev–Trinajstić information content (AvgIpc) is 1.97. The van der Waals surface area contributed by atoms with E-state index in [0.717, 1.165) is 11.0 Å². The van der Waals surface area contributed by atoms with Crippen molar-refractivity contribution in [2.45, 2.75) is 6.92 Å². The van der Waals surface area contributed by atoms with Gasteiger partial charge in [-0.3, -0.25) is 0 Å². The molecule has 1 atom stereocenters. The number of hydrogen-bond acceptors (Lipinski definition) is 2. The van der Waals surface area contributed by atoms with Crippen molar-refractivity contribution < 1.29 is 0 Å². The molecule has 0 spiro atoms. The van der Waals surface area contributed by atoms with Crippen molar-refractivity contribution in [3.05, 3.63) is 23.8 Å². The van der Waals surface area contributed by atoms with Gasteiger partial charge in [-0.2, -0.15) is 0 Å². The van der Waals surface area contributed by atoms with E-state index in [1.54, 1.807) is 0 Å². The van der Waals surface area contributed by atoms with Crippen molar-refractivity contribution in [1.29, 1.82) is 0 Å². The van der Waals surface area contributed by atoms with Gasteiger partial charge in [0.2, 0.25) is 0 Å². The van der Waals surface area contributed by atoms with Gasteiger partial charge in [-0.15, -0.1) is 9.24 Å². The van der Waals surface area contributed by atoms with Crippen molar-refractivity contribution in [3.63, 3.8) is 0 Å². The van der Waals surface area contributed by atoms with Gasteiger partial charge in [0.05, 0.1) is 6.67 Å². The van der Waals surface area contributed by atoms with Gasteiger partial charge < -0.3 is 11.1 Å². The molecule has 2 nitrogen and oxygen atoms in total. The van der Waals surface area contributed by atoms with Crippen LogP contribution in [0, 0.1) is 6.92 Å². The molecule has 0 bridgehead atoms. The Balaban J connectivity index is 3.00. The van der Waals surface area contributed by atoms with E-state index in [1.165, 1.54) is 5.56 Å². The van der Waals surface area contributed by atoms with Gasteiger partial charge in [0.15, 0.2) is 0 Å². The SMILES string of the molecule is Cc1cccc(P)c1NCN. The molecule has 0 radical (unpaired) electrons. The van der Waals surface area contributed by atoms with Crippen LogP contribution in [0.3, 0.4) is 0 Å². The Kier molecular flexibility index (Phi) is 2.86. The third-order valence-corrected chi connectivity index (χ3v) is 2.06. The summed E-state index contributed by atoms with van der Waals surface area (Å²) in [5.41, 5.74) is 7.73. The second-order valence-electron chi connectivity index (χ2n) is 2.42. The lowest BCUT2D eigenvalue weighted by molar-refractivity contribution is 1.14. The number of hydrogen-bond donors (Lipinski definition) is 2. The highest BCUT2D eigenvalue weighted by Crippen LogP contribution is 2.12. The number of aryl methyl sites for hydroxylation is 1. The first-order valence-electron chi connectivity index (χ1n) is 3.54. The number of benzene rings is 1. The first kappa shape index (κ1) is 8.51. The first-order valence-corrected chi connectivity index (χ1v) is 4.12. The molecule has 0 heterocycles. The standard InChI is InChI=1S/C8H13N2P/c1-6-3-2-4-7(11)8(6)10-5-9/h2-4,10H,5,9,11H2,1H3. The van der Waals surface area contributed by atoms with Crippen LogP contribution in [0.25, 0.3) is 0 Å². The Morgan fingerprint density at radius 1 is 1.55 bits per heavy atom. The molecule has 1 rings (SSSR count). The number of rotatable bonds is 2. The number of para-hydroxylation sites is 1. The molecule has 0 saturated heterocycles. The van der Waals surface area contributed by atoms with Gasteiger partial charge in [-0.05, 0) is 17.8 Å². The predicted molar refractivity (Wildman–Crippen MR) is 53.2 cm³/mol. The summed E-state index contributed by atoms with van der Waals surface area (Å²) in [6, 6.07) is 6.13. The maximum atomic E-state index is 5.38. The van der Waals surface area contributed by atoms with E-state index in [4.69, 9.17) is 5.73 Å². The molecule has 0 aliphatic rings. The Hall–Kier alpha value is -0.590. The van der Waals surface area contributed by atoms with Crippen LogP contribution in [0.2, 0.25) is 0 Å². The van der Waals surface area contributed by atoms with Crippen LogP contribution in [-0.2, 0) is 0 Å². The fraction of sp³-hybridized carbons (Fsp3) is 0.250. The van der Waals surface area contributed by atoms with E-state index in [1.807, 2.05) is 12.1 Å². The molecule has 60 valence electrons. The lowest BCUT2D eigenvalue weighted by Gasteiger charge is -2.09. The maximum absolute atomic E-state index is 5.38. The molecule has 1 aromatic rings. The van der Waals surface area contributed by atoms with Crippen LogP contribution in [0.5, 0.6) is 0 Å². The van der Waals surface area contributed by atoms with Crippen molar-refractivity contribution in [2.75, 3.05) is 12.0 Å². The third kappa shape index (κ3) is 1.92. The van der Waals surface area contributed by atoms with E-state index in [2.05, 4.69) is 27.5 Å². The highest BCUT2D eigenvalue weighted by Gasteiger charge is 1.98. The van der Waals surface area contributed by atoms with E-state index >= 15 is 0 Å². The molecule has 0 aliphatic carbocycles. The van der Waals surface area contributed by atoms with E-state index in [9.17, 15) is 0 Å². The summed E-state index contributed by atoms with van der Waals surface area (Å²) in [7, 11) is 2.68. The largest absolute Gasteiger partial charge is 0.372 e. The number of nitrogens with two attached hydrogens (primary N) is 1. The maximum Gasteiger partial charge on any atom is 0.0628 e. The summed E-state index contributed by atoms with van der Waals surface area (Å²) in [5, 5.41) is 4.26. The van der Waals surface area contributed by atoms with Gasteiger partial charge in [0, 0.05) is 5.69 Å². The van der Waals surface area contributed by atoms with Gasteiger partial charge in [0.25, 0.3) is 0 Å².